The zero-order chi connectivity index (χ0) is 7.40. The molecule has 0 aromatic carbocycles. The average Bonchev–Trinajstić information content (AvgIpc) is 2.38. The van der Waals surface area contributed by atoms with E-state index in [4.69, 9.17) is 0 Å². The van der Waals surface area contributed by atoms with Crippen molar-refractivity contribution in [2.75, 3.05) is 0 Å². The number of carbonyl (C=O) groups excluding carboxylic acids is 1. The van der Waals surface area contributed by atoms with Gasteiger partial charge in [0.15, 0.2) is 0 Å². The highest BCUT2D eigenvalue weighted by Crippen LogP contribution is 2.40. The molecule has 1 rings (SSSR count). The highest BCUT2D eigenvalue weighted by Gasteiger charge is 1.98. The van der Waals surface area contributed by atoms with E-state index < -0.39 is 0 Å². The first-order valence-electron chi connectivity index (χ1n) is 3.10. The minimum Gasteiger partial charge on any atom is -0.299 e. The predicted octanol–water partition coefficient (Wildman–Crippen LogP) is 2.13. The lowest BCUT2D eigenvalue weighted by atomic mass is 10.6. The maximum atomic E-state index is 10.1. The Morgan fingerprint density at radius 3 is 2.50 bits per heavy atom. The van der Waals surface area contributed by atoms with Crippen LogP contribution >= 0.6 is 10.9 Å². The maximum Gasteiger partial charge on any atom is 0.143 e. The first kappa shape index (κ1) is 7.35. The van der Waals surface area contributed by atoms with Crippen LogP contribution < -0.4 is 0 Å². The lowest BCUT2D eigenvalue weighted by Crippen LogP contribution is -1.72. The van der Waals surface area contributed by atoms with E-state index in [9.17, 15) is 4.79 Å². The standard InChI is InChI=1S/C8H10OS/c1-8(4-5-9)10-6-2-3-7-10/h2-7,10H,1H3/b8-4+. The molecule has 0 spiro atoms. The highest BCUT2D eigenvalue weighted by atomic mass is 32.2. The van der Waals surface area contributed by atoms with Crippen molar-refractivity contribution in [2.24, 2.45) is 0 Å². The summed E-state index contributed by atoms with van der Waals surface area (Å²) in [5.74, 6) is 0. The van der Waals surface area contributed by atoms with Crippen molar-refractivity contribution in [3.8, 4) is 0 Å². The van der Waals surface area contributed by atoms with Crippen molar-refractivity contribution in [2.45, 2.75) is 6.92 Å². The number of carbonyl (C=O) groups is 1. The second-order valence-electron chi connectivity index (χ2n) is 2.03. The molecule has 1 nitrogen and oxygen atoms in total. The minimum atomic E-state index is -0.243. The van der Waals surface area contributed by atoms with Crippen LogP contribution in [0.3, 0.4) is 0 Å². The van der Waals surface area contributed by atoms with E-state index in [1.54, 1.807) is 6.08 Å². The molecule has 0 amide bonds. The number of aldehydes is 1. The van der Waals surface area contributed by atoms with Gasteiger partial charge in [0.2, 0.25) is 0 Å². The van der Waals surface area contributed by atoms with Crippen LogP contribution in [0, 0.1) is 0 Å². The van der Waals surface area contributed by atoms with Gasteiger partial charge in [0, 0.05) is 0 Å². The third-order valence-corrected chi connectivity index (χ3v) is 3.27. The summed E-state index contributed by atoms with van der Waals surface area (Å²) < 4.78 is 0. The Kier molecular flexibility index (Phi) is 2.51. The number of thiol groups is 1. The molecule has 1 aliphatic rings. The van der Waals surface area contributed by atoms with Gasteiger partial charge >= 0.3 is 0 Å². The Morgan fingerprint density at radius 1 is 1.40 bits per heavy atom. The van der Waals surface area contributed by atoms with Crippen molar-refractivity contribution in [1.29, 1.82) is 0 Å². The average molecular weight is 154 g/mol. The fourth-order valence-corrected chi connectivity index (χ4v) is 2.13. The second kappa shape index (κ2) is 3.42. The van der Waals surface area contributed by atoms with Crippen LogP contribution in [0.5, 0.6) is 0 Å². The maximum absolute atomic E-state index is 10.1. The second-order valence-corrected chi connectivity index (χ2v) is 4.15. The zero-order valence-corrected chi connectivity index (χ0v) is 6.71. The number of allylic oxidation sites excluding steroid dienone is 4. The molecule has 0 fully saturated rings. The smallest absolute Gasteiger partial charge is 0.143 e. The van der Waals surface area contributed by atoms with Crippen LogP contribution in [0.4, 0.5) is 0 Å². The molecule has 2 heteroatoms. The van der Waals surface area contributed by atoms with Gasteiger partial charge in [0.25, 0.3) is 0 Å². The molecule has 0 aliphatic carbocycles. The van der Waals surface area contributed by atoms with E-state index in [1.165, 1.54) is 0 Å². The Bertz CT molecular complexity index is 201. The van der Waals surface area contributed by atoms with Gasteiger partial charge < -0.3 is 0 Å². The number of hydrogen-bond acceptors (Lipinski definition) is 1. The van der Waals surface area contributed by atoms with Crippen LogP contribution in [0.15, 0.2) is 33.9 Å². The first-order valence-corrected chi connectivity index (χ1v) is 4.58. The van der Waals surface area contributed by atoms with Crippen molar-refractivity contribution in [3.63, 3.8) is 0 Å². The molecule has 0 aromatic rings. The molecule has 1 aliphatic heterocycles. The van der Waals surface area contributed by atoms with E-state index in [2.05, 4.69) is 10.8 Å². The molecule has 10 heavy (non-hydrogen) atoms. The molecule has 0 bridgehead atoms. The van der Waals surface area contributed by atoms with Crippen LogP contribution in [0.25, 0.3) is 0 Å². The van der Waals surface area contributed by atoms with Crippen molar-refractivity contribution >= 4 is 17.2 Å². The van der Waals surface area contributed by atoms with Gasteiger partial charge in [-0.1, -0.05) is 12.2 Å². The summed E-state index contributed by atoms with van der Waals surface area (Å²) in [5, 5.41) is 4.26. The van der Waals surface area contributed by atoms with Gasteiger partial charge in [-0.25, -0.2) is 0 Å². The molecule has 0 atom stereocenters. The highest BCUT2D eigenvalue weighted by molar-refractivity contribution is 8.25. The fourth-order valence-electron chi connectivity index (χ4n) is 0.754. The lowest BCUT2D eigenvalue weighted by Gasteiger charge is -2.07. The van der Waals surface area contributed by atoms with E-state index in [-0.39, 0.29) is 10.9 Å². The molecule has 0 aromatic heterocycles. The van der Waals surface area contributed by atoms with Crippen LogP contribution in [0.2, 0.25) is 0 Å². The normalized spacial score (nSPS) is 20.1. The predicted molar refractivity (Wildman–Crippen MR) is 47.1 cm³/mol. The van der Waals surface area contributed by atoms with Crippen LogP contribution in [0.1, 0.15) is 6.92 Å². The summed E-state index contributed by atoms with van der Waals surface area (Å²) in [6, 6.07) is 0. The zero-order valence-electron chi connectivity index (χ0n) is 5.82. The molecule has 1 heterocycles. The van der Waals surface area contributed by atoms with Gasteiger partial charge in [-0.05, 0) is 28.7 Å². The summed E-state index contributed by atoms with van der Waals surface area (Å²) in [7, 11) is -0.243. The topological polar surface area (TPSA) is 17.1 Å². The van der Waals surface area contributed by atoms with E-state index in [1.807, 2.05) is 19.1 Å². The van der Waals surface area contributed by atoms with Crippen molar-refractivity contribution in [3.05, 3.63) is 33.9 Å². The van der Waals surface area contributed by atoms with E-state index in [0.717, 1.165) is 11.2 Å². The Hall–Kier alpha value is -0.760. The van der Waals surface area contributed by atoms with Crippen LogP contribution in [-0.2, 0) is 4.79 Å². The Balaban J connectivity index is 2.65. The Morgan fingerprint density at radius 2 is 2.00 bits per heavy atom. The first-order chi connectivity index (χ1) is 4.84. The van der Waals surface area contributed by atoms with Gasteiger partial charge in [-0.15, -0.1) is 0 Å². The fraction of sp³-hybridized carbons (Fsp3) is 0.125. The van der Waals surface area contributed by atoms with Gasteiger partial charge in [-0.3, -0.25) is 4.79 Å². The van der Waals surface area contributed by atoms with Crippen LogP contribution in [-0.4, -0.2) is 6.29 Å². The SMILES string of the molecule is C/C(=C\C=O)[SH]1C=CC=C1. The third kappa shape index (κ3) is 1.61. The number of rotatable bonds is 2. The monoisotopic (exact) mass is 154 g/mol. The van der Waals surface area contributed by atoms with Crippen molar-refractivity contribution < 1.29 is 4.79 Å². The molecule has 0 N–H and O–H groups in total. The number of hydrogen-bond donors (Lipinski definition) is 1. The van der Waals surface area contributed by atoms with E-state index in [0.29, 0.717) is 0 Å². The van der Waals surface area contributed by atoms with E-state index >= 15 is 0 Å². The van der Waals surface area contributed by atoms with Gasteiger partial charge in [0.05, 0.1) is 0 Å². The lowest BCUT2D eigenvalue weighted by molar-refractivity contribution is -0.104. The van der Waals surface area contributed by atoms with Gasteiger partial charge in [0.1, 0.15) is 6.29 Å². The summed E-state index contributed by atoms with van der Waals surface area (Å²) in [4.78, 5) is 11.2. The quantitative estimate of drug-likeness (QED) is 0.366. The Labute approximate surface area is 63.5 Å². The summed E-state index contributed by atoms with van der Waals surface area (Å²) >= 11 is 0. The van der Waals surface area contributed by atoms with Crippen molar-refractivity contribution in [1.82, 2.24) is 0 Å². The molecule has 0 radical (unpaired) electrons. The largest absolute Gasteiger partial charge is 0.299 e. The summed E-state index contributed by atoms with van der Waals surface area (Å²) in [6.45, 7) is 1.99. The molecular weight excluding hydrogens is 144 g/mol. The molecule has 0 saturated heterocycles. The molecular formula is C8H10OS. The molecule has 0 unspecified atom stereocenters. The minimum absolute atomic E-state index is 0.243. The summed E-state index contributed by atoms with van der Waals surface area (Å²) in [5.41, 5.74) is 0. The molecule has 0 saturated carbocycles. The van der Waals surface area contributed by atoms with Gasteiger partial charge in [-0.2, -0.15) is 10.9 Å². The summed E-state index contributed by atoms with van der Waals surface area (Å²) in [6.07, 6.45) is 6.52. The third-order valence-electron chi connectivity index (χ3n) is 1.32. The molecule has 54 valence electrons.